The molecule has 2 fully saturated rings. The first-order chi connectivity index (χ1) is 11.7. The first-order valence-electron chi connectivity index (χ1n) is 9.46. The van der Waals surface area contributed by atoms with Crippen LogP contribution in [0.25, 0.3) is 0 Å². The molecule has 4 heteroatoms. The third kappa shape index (κ3) is 4.97. The van der Waals surface area contributed by atoms with Gasteiger partial charge in [0.05, 0.1) is 0 Å². The van der Waals surface area contributed by atoms with Crippen LogP contribution in [-0.4, -0.2) is 36.5 Å². The van der Waals surface area contributed by atoms with E-state index in [0.29, 0.717) is 18.8 Å². The van der Waals surface area contributed by atoms with E-state index in [1.54, 1.807) is 0 Å². The number of carbonyl (C=O) groups is 1. The summed E-state index contributed by atoms with van der Waals surface area (Å²) < 4.78 is 0. The van der Waals surface area contributed by atoms with E-state index in [4.69, 9.17) is 11.6 Å². The van der Waals surface area contributed by atoms with Gasteiger partial charge in [-0.15, -0.1) is 0 Å². The number of carbonyl (C=O) groups excluding carboxylic acids is 1. The molecule has 1 amide bonds. The molecule has 1 aromatic rings. The van der Waals surface area contributed by atoms with Gasteiger partial charge in [0.1, 0.15) is 0 Å². The lowest BCUT2D eigenvalue weighted by Gasteiger charge is -2.31. The molecule has 3 nitrogen and oxygen atoms in total. The first kappa shape index (κ1) is 17.8. The number of nitrogens with zero attached hydrogens (tertiary/aromatic N) is 1. The van der Waals surface area contributed by atoms with Gasteiger partial charge in [-0.25, -0.2) is 0 Å². The Morgan fingerprint density at radius 3 is 2.75 bits per heavy atom. The van der Waals surface area contributed by atoms with Gasteiger partial charge in [0.2, 0.25) is 5.91 Å². The van der Waals surface area contributed by atoms with Crippen molar-refractivity contribution in [2.75, 3.05) is 19.6 Å². The third-order valence-electron chi connectivity index (χ3n) is 5.58. The normalized spacial score (nSPS) is 22.6. The monoisotopic (exact) mass is 348 g/mol. The van der Waals surface area contributed by atoms with Gasteiger partial charge in [0.15, 0.2) is 0 Å². The smallest absolute Gasteiger partial charge is 0.220 e. The van der Waals surface area contributed by atoms with Crippen LogP contribution in [0.4, 0.5) is 0 Å². The Labute approximate surface area is 150 Å². The van der Waals surface area contributed by atoms with Crippen LogP contribution in [0.3, 0.4) is 0 Å². The number of aryl methyl sites for hydroxylation is 1. The Morgan fingerprint density at radius 1 is 1.17 bits per heavy atom. The van der Waals surface area contributed by atoms with Crippen LogP contribution >= 0.6 is 11.6 Å². The van der Waals surface area contributed by atoms with Crippen molar-refractivity contribution in [2.45, 2.75) is 57.4 Å². The minimum Gasteiger partial charge on any atom is -0.356 e. The van der Waals surface area contributed by atoms with Crippen LogP contribution < -0.4 is 5.32 Å². The molecule has 2 aliphatic rings. The quantitative estimate of drug-likeness (QED) is 0.841. The molecule has 1 atom stereocenters. The van der Waals surface area contributed by atoms with Gasteiger partial charge in [0.25, 0.3) is 0 Å². The minimum atomic E-state index is 0.144. The Kier molecular flexibility index (Phi) is 6.56. The molecule has 0 aromatic heterocycles. The summed E-state index contributed by atoms with van der Waals surface area (Å²) in [6.07, 6.45) is 9.40. The van der Waals surface area contributed by atoms with Gasteiger partial charge in [-0.3, -0.25) is 4.79 Å². The summed E-state index contributed by atoms with van der Waals surface area (Å²) >= 11 is 6.14. The number of benzene rings is 1. The Hall–Kier alpha value is -1.06. The molecule has 1 aromatic carbocycles. The molecule has 0 unspecified atom stereocenters. The Bertz CT molecular complexity index is 542. The van der Waals surface area contributed by atoms with Gasteiger partial charge < -0.3 is 10.2 Å². The van der Waals surface area contributed by atoms with Gasteiger partial charge in [-0.1, -0.05) is 49.1 Å². The average molecular weight is 349 g/mol. The minimum absolute atomic E-state index is 0.144. The second kappa shape index (κ2) is 8.87. The summed E-state index contributed by atoms with van der Waals surface area (Å²) in [4.78, 5) is 14.8. The summed E-state index contributed by atoms with van der Waals surface area (Å²) in [5, 5.41) is 3.88. The summed E-state index contributed by atoms with van der Waals surface area (Å²) in [7, 11) is 0. The highest BCUT2D eigenvalue weighted by Gasteiger charge is 2.29. The second-order valence-corrected chi connectivity index (χ2v) is 7.74. The second-order valence-electron chi connectivity index (χ2n) is 7.34. The van der Waals surface area contributed by atoms with Crippen LogP contribution in [-0.2, 0) is 11.2 Å². The van der Waals surface area contributed by atoms with Crippen LogP contribution in [0.15, 0.2) is 24.3 Å². The SMILES string of the molecule is O=C(CCc1ccccc1Cl)NC[C@H]1CCN(C2CCCCC2)C1. The summed E-state index contributed by atoms with van der Waals surface area (Å²) in [6, 6.07) is 8.57. The van der Waals surface area contributed by atoms with Crippen molar-refractivity contribution in [3.05, 3.63) is 34.9 Å². The van der Waals surface area contributed by atoms with Gasteiger partial charge in [-0.2, -0.15) is 0 Å². The third-order valence-corrected chi connectivity index (χ3v) is 5.94. The molecule has 1 aliphatic carbocycles. The summed E-state index contributed by atoms with van der Waals surface area (Å²) in [5.41, 5.74) is 1.05. The molecule has 1 N–H and O–H groups in total. The largest absolute Gasteiger partial charge is 0.356 e. The molecule has 0 bridgehead atoms. The van der Waals surface area contributed by atoms with E-state index >= 15 is 0 Å². The maximum Gasteiger partial charge on any atom is 0.220 e. The molecule has 132 valence electrons. The van der Waals surface area contributed by atoms with Crippen LogP contribution in [0.1, 0.15) is 50.5 Å². The van der Waals surface area contributed by atoms with Crippen molar-refractivity contribution in [2.24, 2.45) is 5.92 Å². The zero-order valence-electron chi connectivity index (χ0n) is 14.5. The van der Waals surface area contributed by atoms with E-state index in [-0.39, 0.29) is 5.91 Å². The number of likely N-dealkylation sites (tertiary alicyclic amines) is 1. The molecular formula is C20H29ClN2O. The lowest BCUT2D eigenvalue weighted by Crippen LogP contribution is -2.36. The molecule has 0 radical (unpaired) electrons. The molecule has 1 aliphatic heterocycles. The fraction of sp³-hybridized carbons (Fsp3) is 0.650. The topological polar surface area (TPSA) is 32.3 Å². The van der Waals surface area contributed by atoms with Crippen LogP contribution in [0.5, 0.6) is 0 Å². The maximum absolute atomic E-state index is 12.1. The molecule has 1 saturated heterocycles. The van der Waals surface area contributed by atoms with Crippen molar-refractivity contribution in [1.29, 1.82) is 0 Å². The number of halogens is 1. The van der Waals surface area contributed by atoms with E-state index in [1.165, 1.54) is 45.1 Å². The molecule has 24 heavy (non-hydrogen) atoms. The predicted octanol–water partition coefficient (Wildman–Crippen LogP) is 4.04. The fourth-order valence-corrected chi connectivity index (χ4v) is 4.33. The first-order valence-corrected chi connectivity index (χ1v) is 9.84. The van der Waals surface area contributed by atoms with E-state index in [1.807, 2.05) is 24.3 Å². The molecular weight excluding hydrogens is 320 g/mol. The van der Waals surface area contributed by atoms with Crippen LogP contribution in [0, 0.1) is 5.92 Å². The van der Waals surface area contributed by atoms with E-state index < -0.39 is 0 Å². The highest BCUT2D eigenvalue weighted by Crippen LogP contribution is 2.27. The highest BCUT2D eigenvalue weighted by molar-refractivity contribution is 6.31. The van der Waals surface area contributed by atoms with Crippen molar-refractivity contribution in [1.82, 2.24) is 10.2 Å². The van der Waals surface area contributed by atoms with Gasteiger partial charge >= 0.3 is 0 Å². The van der Waals surface area contributed by atoms with E-state index in [9.17, 15) is 4.79 Å². The van der Waals surface area contributed by atoms with Gasteiger partial charge in [0, 0.05) is 30.6 Å². The standard InChI is InChI=1S/C20H29ClN2O/c21-19-9-5-4-6-17(19)10-11-20(24)22-14-16-12-13-23(15-16)18-7-2-1-3-8-18/h4-6,9,16,18H,1-3,7-8,10-15H2,(H,22,24)/t16-/m1/s1. The Morgan fingerprint density at radius 2 is 1.96 bits per heavy atom. The van der Waals surface area contributed by atoms with E-state index in [0.717, 1.165) is 29.7 Å². The highest BCUT2D eigenvalue weighted by atomic mass is 35.5. The molecule has 0 spiro atoms. The lowest BCUT2D eigenvalue weighted by molar-refractivity contribution is -0.121. The number of rotatable bonds is 6. The van der Waals surface area contributed by atoms with Crippen molar-refractivity contribution < 1.29 is 4.79 Å². The van der Waals surface area contributed by atoms with Crippen LogP contribution in [0.2, 0.25) is 5.02 Å². The molecule has 1 heterocycles. The number of hydrogen-bond acceptors (Lipinski definition) is 2. The molecule has 1 saturated carbocycles. The number of hydrogen-bond donors (Lipinski definition) is 1. The average Bonchev–Trinajstić information content (AvgIpc) is 3.09. The number of amides is 1. The Balaban J connectivity index is 1.35. The fourth-order valence-electron chi connectivity index (χ4n) is 4.10. The summed E-state index contributed by atoms with van der Waals surface area (Å²) in [5.74, 6) is 0.766. The zero-order valence-corrected chi connectivity index (χ0v) is 15.2. The van der Waals surface area contributed by atoms with E-state index in [2.05, 4.69) is 10.2 Å². The maximum atomic E-state index is 12.1. The number of nitrogens with one attached hydrogen (secondary N) is 1. The lowest BCUT2D eigenvalue weighted by atomic mass is 9.94. The van der Waals surface area contributed by atoms with Crippen molar-refractivity contribution >= 4 is 17.5 Å². The molecule has 3 rings (SSSR count). The summed E-state index contributed by atoms with van der Waals surface area (Å²) in [6.45, 7) is 3.20. The van der Waals surface area contributed by atoms with Crippen molar-refractivity contribution in [3.8, 4) is 0 Å². The zero-order chi connectivity index (χ0) is 16.8. The van der Waals surface area contributed by atoms with Gasteiger partial charge in [-0.05, 0) is 49.8 Å². The van der Waals surface area contributed by atoms with Crippen molar-refractivity contribution in [3.63, 3.8) is 0 Å². The predicted molar refractivity (Wildman–Crippen MR) is 99.3 cm³/mol.